The Balaban J connectivity index is 2.05. The summed E-state index contributed by atoms with van der Waals surface area (Å²) in [5.74, 6) is 0. The highest BCUT2D eigenvalue weighted by Gasteiger charge is 2.52. The van der Waals surface area contributed by atoms with Crippen molar-refractivity contribution >= 4 is 28.6 Å². The molecule has 3 heteroatoms. The maximum Gasteiger partial charge on any atom is 0.194 e. The van der Waals surface area contributed by atoms with Crippen LogP contribution in [0, 0.1) is 0 Å². The van der Waals surface area contributed by atoms with Gasteiger partial charge in [0.25, 0.3) is 0 Å². The van der Waals surface area contributed by atoms with Crippen LogP contribution in [0.4, 0.5) is 0 Å². The van der Waals surface area contributed by atoms with Gasteiger partial charge in [0.1, 0.15) is 15.9 Å². The van der Waals surface area contributed by atoms with Gasteiger partial charge in [0.15, 0.2) is 12.7 Å². The Bertz CT molecular complexity index is 764. The predicted octanol–water partition coefficient (Wildman–Crippen LogP) is 3.68. The lowest BCUT2D eigenvalue weighted by Gasteiger charge is -2.26. The van der Waals surface area contributed by atoms with E-state index in [2.05, 4.69) is 103 Å². The van der Waals surface area contributed by atoms with Crippen molar-refractivity contribution < 1.29 is 0 Å². The molecule has 1 heterocycles. The summed E-state index contributed by atoms with van der Waals surface area (Å²) < 4.78 is 0. The highest BCUT2D eigenvalue weighted by atomic mass is 31.2. The largest absolute Gasteiger partial charge is 0.303 e. The SMILES string of the molecule is CC1CC([P+](c2ccccc2)(c2ccccc2)c2ccccc2)=NN1. The van der Waals surface area contributed by atoms with Crippen LogP contribution in [-0.2, 0) is 0 Å². The highest BCUT2D eigenvalue weighted by molar-refractivity contribution is 8.08. The average Bonchev–Trinajstić information content (AvgIpc) is 3.12. The van der Waals surface area contributed by atoms with E-state index in [0.717, 1.165) is 6.42 Å². The molecule has 0 radical (unpaired) electrons. The second kappa shape index (κ2) is 6.82. The molecule has 1 unspecified atom stereocenters. The molecule has 0 amide bonds. The number of nitrogens with one attached hydrogen (secondary N) is 1. The van der Waals surface area contributed by atoms with E-state index >= 15 is 0 Å². The minimum atomic E-state index is -1.95. The monoisotopic (exact) mass is 345 g/mol. The van der Waals surface area contributed by atoms with Gasteiger partial charge < -0.3 is 5.43 Å². The van der Waals surface area contributed by atoms with E-state index < -0.39 is 7.26 Å². The van der Waals surface area contributed by atoms with Crippen molar-refractivity contribution in [3.05, 3.63) is 91.0 Å². The zero-order valence-corrected chi connectivity index (χ0v) is 15.2. The van der Waals surface area contributed by atoms with E-state index in [9.17, 15) is 0 Å². The standard InChI is InChI=1S/C22H22N2P/c1-18-17-22(24-23-18)25(19-11-5-2-6-12-19,20-13-7-3-8-14-20)21-15-9-4-10-16-21/h2-16,18,23H,17H2,1H3/q+1. The third-order valence-electron chi connectivity index (χ3n) is 4.72. The second-order valence-corrected chi connectivity index (χ2v) is 9.85. The zero-order chi connectivity index (χ0) is 17.1. The van der Waals surface area contributed by atoms with Gasteiger partial charge in [-0.15, -0.1) is 5.10 Å². The van der Waals surface area contributed by atoms with Crippen LogP contribution >= 0.6 is 7.26 Å². The predicted molar refractivity (Wildman–Crippen MR) is 110 cm³/mol. The smallest absolute Gasteiger partial charge is 0.194 e. The first kappa shape index (κ1) is 16.1. The highest BCUT2D eigenvalue weighted by Crippen LogP contribution is 2.58. The van der Waals surface area contributed by atoms with Gasteiger partial charge in [0, 0.05) is 6.42 Å². The zero-order valence-electron chi connectivity index (χ0n) is 14.3. The van der Waals surface area contributed by atoms with Crippen LogP contribution in [0.2, 0.25) is 0 Å². The Kier molecular flexibility index (Phi) is 4.38. The fraction of sp³-hybridized carbons (Fsp3) is 0.136. The fourth-order valence-electron chi connectivity index (χ4n) is 3.61. The third-order valence-corrected chi connectivity index (χ3v) is 9.00. The molecule has 4 rings (SSSR count). The molecule has 0 aliphatic carbocycles. The minimum Gasteiger partial charge on any atom is -0.303 e. The lowest BCUT2D eigenvalue weighted by Crippen LogP contribution is -2.36. The average molecular weight is 345 g/mol. The van der Waals surface area contributed by atoms with Crippen LogP contribution in [-0.4, -0.2) is 11.5 Å². The molecule has 1 atom stereocenters. The van der Waals surface area contributed by atoms with Crippen molar-refractivity contribution in [1.82, 2.24) is 5.43 Å². The Hall–Kier alpha value is -2.44. The van der Waals surface area contributed by atoms with Crippen LogP contribution < -0.4 is 21.3 Å². The number of hydrazone groups is 1. The number of benzene rings is 3. The van der Waals surface area contributed by atoms with Gasteiger partial charge in [-0.3, -0.25) is 0 Å². The van der Waals surface area contributed by atoms with Crippen LogP contribution in [0.15, 0.2) is 96.1 Å². The summed E-state index contributed by atoms with van der Waals surface area (Å²) in [6.07, 6.45) is 0.979. The molecule has 0 fully saturated rings. The quantitative estimate of drug-likeness (QED) is 0.717. The van der Waals surface area contributed by atoms with E-state index in [0.29, 0.717) is 6.04 Å². The Morgan fingerprint density at radius 1 is 0.720 bits per heavy atom. The number of nitrogens with zero attached hydrogens (tertiary/aromatic N) is 1. The number of rotatable bonds is 4. The maximum absolute atomic E-state index is 4.83. The maximum atomic E-state index is 4.83. The van der Waals surface area contributed by atoms with Crippen LogP contribution in [0.1, 0.15) is 13.3 Å². The Labute approximate surface area is 149 Å². The Morgan fingerprint density at radius 2 is 1.12 bits per heavy atom. The summed E-state index contributed by atoms with van der Waals surface area (Å²) in [7, 11) is -1.95. The summed E-state index contributed by atoms with van der Waals surface area (Å²) in [5.41, 5.74) is 4.58. The molecule has 0 aromatic heterocycles. The normalized spacial score (nSPS) is 17.0. The molecule has 124 valence electrons. The van der Waals surface area contributed by atoms with Gasteiger partial charge in [-0.1, -0.05) is 54.6 Å². The molecule has 3 aromatic rings. The summed E-state index contributed by atoms with van der Waals surface area (Å²) in [6, 6.07) is 33.1. The van der Waals surface area contributed by atoms with Crippen molar-refractivity contribution in [3.63, 3.8) is 0 Å². The molecule has 1 N–H and O–H groups in total. The van der Waals surface area contributed by atoms with Crippen molar-refractivity contribution in [3.8, 4) is 0 Å². The molecule has 1 aliphatic rings. The summed E-state index contributed by atoms with van der Waals surface area (Å²) in [5, 5.41) is 8.92. The van der Waals surface area contributed by atoms with Crippen molar-refractivity contribution in [2.45, 2.75) is 19.4 Å². The van der Waals surface area contributed by atoms with Gasteiger partial charge in [-0.2, -0.15) is 0 Å². The van der Waals surface area contributed by atoms with Gasteiger partial charge >= 0.3 is 0 Å². The van der Waals surface area contributed by atoms with Gasteiger partial charge in [-0.25, -0.2) is 0 Å². The third kappa shape index (κ3) is 2.77. The number of hydrogen-bond acceptors (Lipinski definition) is 2. The Morgan fingerprint density at radius 3 is 1.44 bits per heavy atom. The molecule has 3 aromatic carbocycles. The van der Waals surface area contributed by atoms with Crippen molar-refractivity contribution in [2.24, 2.45) is 5.10 Å². The van der Waals surface area contributed by atoms with E-state index in [-0.39, 0.29) is 0 Å². The molecule has 0 saturated carbocycles. The number of hydrogen-bond donors (Lipinski definition) is 1. The topological polar surface area (TPSA) is 24.4 Å². The molecule has 1 aliphatic heterocycles. The molecular formula is C22H22N2P+. The van der Waals surface area contributed by atoms with Crippen molar-refractivity contribution in [1.29, 1.82) is 0 Å². The van der Waals surface area contributed by atoms with Crippen LogP contribution in [0.3, 0.4) is 0 Å². The molecular weight excluding hydrogens is 323 g/mol. The molecule has 2 nitrogen and oxygen atoms in total. The molecule has 0 saturated heterocycles. The molecule has 0 bridgehead atoms. The van der Waals surface area contributed by atoms with Crippen LogP contribution in [0.5, 0.6) is 0 Å². The first-order chi connectivity index (χ1) is 12.3. The fourth-order valence-corrected chi connectivity index (χ4v) is 8.01. The van der Waals surface area contributed by atoms with E-state index in [1.54, 1.807) is 0 Å². The van der Waals surface area contributed by atoms with Gasteiger partial charge in [-0.05, 0) is 43.3 Å². The van der Waals surface area contributed by atoms with Gasteiger partial charge in [0.05, 0.1) is 6.04 Å². The summed E-state index contributed by atoms with van der Waals surface area (Å²) in [4.78, 5) is 0. The van der Waals surface area contributed by atoms with E-state index in [4.69, 9.17) is 5.10 Å². The minimum absolute atomic E-state index is 0.380. The van der Waals surface area contributed by atoms with Crippen LogP contribution in [0.25, 0.3) is 0 Å². The lowest BCUT2D eigenvalue weighted by atomic mass is 10.3. The van der Waals surface area contributed by atoms with Gasteiger partial charge in [0.2, 0.25) is 0 Å². The van der Waals surface area contributed by atoms with E-state index in [1.807, 2.05) is 0 Å². The first-order valence-electron chi connectivity index (χ1n) is 8.70. The summed E-state index contributed by atoms with van der Waals surface area (Å²) in [6.45, 7) is 2.20. The first-order valence-corrected chi connectivity index (χ1v) is 10.5. The molecule has 25 heavy (non-hydrogen) atoms. The lowest BCUT2D eigenvalue weighted by molar-refractivity contribution is 0.636. The van der Waals surface area contributed by atoms with E-state index in [1.165, 1.54) is 21.4 Å². The summed E-state index contributed by atoms with van der Waals surface area (Å²) >= 11 is 0. The van der Waals surface area contributed by atoms with Crippen molar-refractivity contribution in [2.75, 3.05) is 0 Å². The molecule has 0 spiro atoms. The second-order valence-electron chi connectivity index (χ2n) is 6.44.